The molecule has 5 nitrogen and oxygen atoms in total. The van der Waals surface area contributed by atoms with Crippen molar-refractivity contribution in [3.05, 3.63) is 12.4 Å². The van der Waals surface area contributed by atoms with Crippen LogP contribution < -0.4 is 4.90 Å². The van der Waals surface area contributed by atoms with Gasteiger partial charge in [-0.3, -0.25) is 5.10 Å². The molecule has 3 rings (SSSR count). The van der Waals surface area contributed by atoms with E-state index in [-0.39, 0.29) is 0 Å². The molecule has 1 N–H and O–H groups in total. The summed E-state index contributed by atoms with van der Waals surface area (Å²) in [6, 6.07) is 0. The van der Waals surface area contributed by atoms with E-state index in [0.29, 0.717) is 0 Å². The second-order valence-corrected chi connectivity index (χ2v) is 3.88. The summed E-state index contributed by atoms with van der Waals surface area (Å²) in [6.07, 6.45) is 7.38. The van der Waals surface area contributed by atoms with Crippen molar-refractivity contribution in [1.82, 2.24) is 20.2 Å². The average molecular weight is 203 g/mol. The summed E-state index contributed by atoms with van der Waals surface area (Å²) in [7, 11) is 0. The van der Waals surface area contributed by atoms with Gasteiger partial charge in [0.15, 0.2) is 5.65 Å². The smallest absolute Gasteiger partial charge is 0.174 e. The Morgan fingerprint density at radius 1 is 1.13 bits per heavy atom. The Kier molecular flexibility index (Phi) is 2.01. The first kappa shape index (κ1) is 8.64. The molecule has 2 aromatic rings. The number of anilines is 1. The van der Waals surface area contributed by atoms with E-state index in [1.165, 1.54) is 19.3 Å². The van der Waals surface area contributed by atoms with Gasteiger partial charge in [-0.2, -0.15) is 5.10 Å². The average Bonchev–Trinajstić information content (AvgIpc) is 2.77. The van der Waals surface area contributed by atoms with Crippen LogP contribution in [0.25, 0.3) is 11.2 Å². The van der Waals surface area contributed by atoms with Gasteiger partial charge in [-0.15, -0.1) is 0 Å². The molecule has 0 aromatic carbocycles. The van der Waals surface area contributed by atoms with Crippen LogP contribution in [0.4, 0.5) is 5.82 Å². The van der Waals surface area contributed by atoms with Gasteiger partial charge in [0.05, 0.1) is 12.4 Å². The number of nitrogens with one attached hydrogen (secondary N) is 1. The standard InChI is InChI=1S/C10H13N5/c1-2-4-15(5-3-1)9-7-11-10-8(13-9)6-12-14-10/h6-7H,1-5H2,(H,11,12,14). The zero-order valence-corrected chi connectivity index (χ0v) is 8.48. The first-order chi connectivity index (χ1) is 7.43. The maximum Gasteiger partial charge on any atom is 0.174 e. The molecule has 0 spiro atoms. The third-order valence-electron chi connectivity index (χ3n) is 2.82. The molecule has 2 aromatic heterocycles. The summed E-state index contributed by atoms with van der Waals surface area (Å²) in [6.45, 7) is 2.19. The summed E-state index contributed by atoms with van der Waals surface area (Å²) in [5.74, 6) is 0.976. The first-order valence-corrected chi connectivity index (χ1v) is 5.34. The highest BCUT2D eigenvalue weighted by molar-refractivity contribution is 5.70. The van der Waals surface area contributed by atoms with E-state index < -0.39 is 0 Å². The van der Waals surface area contributed by atoms with Crippen LogP contribution in [0.5, 0.6) is 0 Å². The second kappa shape index (κ2) is 3.49. The van der Waals surface area contributed by atoms with Gasteiger partial charge in [0.2, 0.25) is 0 Å². The summed E-state index contributed by atoms with van der Waals surface area (Å²) in [4.78, 5) is 11.1. The molecule has 1 saturated heterocycles. The van der Waals surface area contributed by atoms with Gasteiger partial charge in [0, 0.05) is 13.1 Å². The van der Waals surface area contributed by atoms with Gasteiger partial charge >= 0.3 is 0 Å². The molecular weight excluding hydrogens is 190 g/mol. The van der Waals surface area contributed by atoms with Crippen LogP contribution in [-0.4, -0.2) is 33.3 Å². The van der Waals surface area contributed by atoms with Crippen molar-refractivity contribution in [3.8, 4) is 0 Å². The Hall–Kier alpha value is -1.65. The number of aromatic amines is 1. The second-order valence-electron chi connectivity index (χ2n) is 3.88. The van der Waals surface area contributed by atoms with E-state index in [9.17, 15) is 0 Å². The Bertz CT molecular complexity index is 458. The van der Waals surface area contributed by atoms with Gasteiger partial charge < -0.3 is 4.90 Å². The Labute approximate surface area is 87.5 Å². The zero-order valence-electron chi connectivity index (χ0n) is 8.48. The van der Waals surface area contributed by atoms with E-state index in [0.717, 1.165) is 30.1 Å². The van der Waals surface area contributed by atoms with Crippen LogP contribution in [0.1, 0.15) is 19.3 Å². The normalized spacial score (nSPS) is 17.2. The molecule has 0 amide bonds. The molecule has 0 unspecified atom stereocenters. The maximum atomic E-state index is 4.53. The fourth-order valence-corrected chi connectivity index (χ4v) is 2.00. The van der Waals surface area contributed by atoms with Crippen LogP contribution in [0.3, 0.4) is 0 Å². The molecule has 0 saturated carbocycles. The largest absolute Gasteiger partial charge is 0.355 e. The molecule has 1 fully saturated rings. The number of nitrogens with zero attached hydrogens (tertiary/aromatic N) is 4. The lowest BCUT2D eigenvalue weighted by molar-refractivity contribution is 0.573. The third kappa shape index (κ3) is 1.54. The molecule has 0 atom stereocenters. The predicted octanol–water partition coefficient (Wildman–Crippen LogP) is 1.34. The molecule has 1 aliphatic rings. The topological polar surface area (TPSA) is 57.7 Å². The molecule has 0 aliphatic carbocycles. The summed E-state index contributed by atoms with van der Waals surface area (Å²) >= 11 is 0. The third-order valence-corrected chi connectivity index (χ3v) is 2.82. The number of H-pyrrole nitrogens is 1. The van der Waals surface area contributed by atoms with Crippen molar-refractivity contribution in [3.63, 3.8) is 0 Å². The van der Waals surface area contributed by atoms with Crippen molar-refractivity contribution in [2.24, 2.45) is 0 Å². The van der Waals surface area contributed by atoms with Gasteiger partial charge in [-0.1, -0.05) is 0 Å². The number of hydrogen-bond acceptors (Lipinski definition) is 4. The van der Waals surface area contributed by atoms with Crippen LogP contribution in [0, 0.1) is 0 Å². The molecule has 78 valence electrons. The zero-order chi connectivity index (χ0) is 10.1. The molecular formula is C10H13N5. The fraction of sp³-hybridized carbons (Fsp3) is 0.500. The van der Waals surface area contributed by atoms with Crippen molar-refractivity contribution in [2.75, 3.05) is 18.0 Å². The number of fused-ring (bicyclic) bond motifs is 1. The highest BCUT2D eigenvalue weighted by atomic mass is 15.2. The van der Waals surface area contributed by atoms with Gasteiger partial charge in [0.1, 0.15) is 11.3 Å². The van der Waals surface area contributed by atoms with Crippen LogP contribution in [0.15, 0.2) is 12.4 Å². The van der Waals surface area contributed by atoms with Gasteiger partial charge in [-0.05, 0) is 19.3 Å². The lowest BCUT2D eigenvalue weighted by atomic mass is 10.1. The number of aromatic nitrogens is 4. The highest BCUT2D eigenvalue weighted by Crippen LogP contribution is 2.18. The Balaban J connectivity index is 1.95. The van der Waals surface area contributed by atoms with E-state index in [4.69, 9.17) is 0 Å². The van der Waals surface area contributed by atoms with E-state index in [1.54, 1.807) is 6.20 Å². The molecule has 1 aliphatic heterocycles. The predicted molar refractivity (Wildman–Crippen MR) is 57.7 cm³/mol. The summed E-state index contributed by atoms with van der Waals surface area (Å²) < 4.78 is 0. The summed E-state index contributed by atoms with van der Waals surface area (Å²) in [5.41, 5.74) is 1.61. The minimum Gasteiger partial charge on any atom is -0.355 e. The molecule has 0 bridgehead atoms. The molecule has 5 heteroatoms. The Morgan fingerprint density at radius 2 is 2.00 bits per heavy atom. The fourth-order valence-electron chi connectivity index (χ4n) is 2.00. The highest BCUT2D eigenvalue weighted by Gasteiger charge is 2.13. The summed E-state index contributed by atoms with van der Waals surface area (Å²) in [5, 5.41) is 6.73. The number of piperidine rings is 1. The monoisotopic (exact) mass is 203 g/mol. The lowest BCUT2D eigenvalue weighted by Gasteiger charge is -2.27. The molecule has 3 heterocycles. The lowest BCUT2D eigenvalue weighted by Crippen LogP contribution is -2.30. The van der Waals surface area contributed by atoms with Gasteiger partial charge in [0.25, 0.3) is 0 Å². The minimum atomic E-state index is 0.760. The van der Waals surface area contributed by atoms with E-state index >= 15 is 0 Å². The van der Waals surface area contributed by atoms with Crippen LogP contribution in [0.2, 0.25) is 0 Å². The van der Waals surface area contributed by atoms with Gasteiger partial charge in [-0.25, -0.2) is 9.97 Å². The maximum absolute atomic E-state index is 4.53. The van der Waals surface area contributed by atoms with E-state index in [2.05, 4.69) is 25.1 Å². The number of rotatable bonds is 1. The Morgan fingerprint density at radius 3 is 2.87 bits per heavy atom. The first-order valence-electron chi connectivity index (χ1n) is 5.34. The quantitative estimate of drug-likeness (QED) is 0.760. The number of hydrogen-bond donors (Lipinski definition) is 1. The van der Waals surface area contributed by atoms with Crippen LogP contribution in [-0.2, 0) is 0 Å². The molecule has 0 radical (unpaired) electrons. The van der Waals surface area contributed by atoms with Crippen LogP contribution >= 0.6 is 0 Å². The van der Waals surface area contributed by atoms with E-state index in [1.807, 2.05) is 6.20 Å². The van der Waals surface area contributed by atoms with Crippen molar-refractivity contribution < 1.29 is 0 Å². The minimum absolute atomic E-state index is 0.760. The van der Waals surface area contributed by atoms with Crippen molar-refractivity contribution in [2.45, 2.75) is 19.3 Å². The SMILES string of the molecule is c1nc2[nH]ncc2nc1N1CCCCC1. The van der Waals surface area contributed by atoms with Crippen molar-refractivity contribution >= 4 is 17.0 Å². The van der Waals surface area contributed by atoms with Crippen molar-refractivity contribution in [1.29, 1.82) is 0 Å². The molecule has 15 heavy (non-hydrogen) atoms.